The van der Waals surface area contributed by atoms with Crippen molar-refractivity contribution >= 4 is 23.0 Å². The van der Waals surface area contributed by atoms with E-state index in [0.29, 0.717) is 11.7 Å². The van der Waals surface area contributed by atoms with Crippen LogP contribution in [-0.2, 0) is 6.61 Å². The highest BCUT2D eigenvalue weighted by Gasteiger charge is 2.10. The summed E-state index contributed by atoms with van der Waals surface area (Å²) in [4.78, 5) is 0. The van der Waals surface area contributed by atoms with Gasteiger partial charge in [-0.2, -0.15) is 0 Å². The Labute approximate surface area is 137 Å². The van der Waals surface area contributed by atoms with Gasteiger partial charge in [0.15, 0.2) is 5.11 Å². The van der Waals surface area contributed by atoms with E-state index in [1.165, 1.54) is 0 Å². The third-order valence-electron chi connectivity index (χ3n) is 2.85. The van der Waals surface area contributed by atoms with Gasteiger partial charge in [0.1, 0.15) is 12.4 Å². The van der Waals surface area contributed by atoms with Gasteiger partial charge in [0.2, 0.25) is 0 Å². The van der Waals surface area contributed by atoms with Crippen molar-refractivity contribution in [3.8, 4) is 5.75 Å². The maximum absolute atomic E-state index is 5.76. The van der Waals surface area contributed by atoms with E-state index in [1.54, 1.807) is 0 Å². The molecule has 0 aliphatic carbocycles. The number of hydrogen-bond acceptors (Lipinski definition) is 2. The summed E-state index contributed by atoms with van der Waals surface area (Å²) in [5, 5.41) is 7.00. The zero-order chi connectivity index (χ0) is 16.0. The molecule has 2 aromatic carbocycles. The van der Waals surface area contributed by atoms with Gasteiger partial charge in [0.05, 0.1) is 0 Å². The Hall–Kier alpha value is -2.07. The lowest BCUT2D eigenvalue weighted by molar-refractivity contribution is 0.306. The maximum Gasteiger partial charge on any atom is 0.171 e. The molecule has 0 saturated carbocycles. The van der Waals surface area contributed by atoms with Crippen molar-refractivity contribution in [2.75, 3.05) is 5.32 Å². The highest BCUT2D eigenvalue weighted by Crippen LogP contribution is 2.17. The topological polar surface area (TPSA) is 33.3 Å². The van der Waals surface area contributed by atoms with Gasteiger partial charge in [-0.25, -0.2) is 0 Å². The molecule has 0 spiro atoms. The van der Waals surface area contributed by atoms with Crippen LogP contribution in [0.4, 0.5) is 5.69 Å². The van der Waals surface area contributed by atoms with Crippen molar-refractivity contribution in [2.24, 2.45) is 0 Å². The first kappa shape index (κ1) is 16.3. The standard InChI is InChI=1S/C18H22N2OS/c1-18(2,3)20-17(22)19-15-9-11-16(12-10-15)21-13-14-7-5-4-6-8-14/h4-12H,13H2,1-3H3,(H2,19,20,22). The summed E-state index contributed by atoms with van der Waals surface area (Å²) in [7, 11) is 0. The average molecular weight is 314 g/mol. The smallest absolute Gasteiger partial charge is 0.171 e. The van der Waals surface area contributed by atoms with Crippen LogP contribution in [0.1, 0.15) is 26.3 Å². The zero-order valence-corrected chi connectivity index (χ0v) is 14.0. The Morgan fingerprint density at radius 2 is 1.64 bits per heavy atom. The molecule has 0 aromatic heterocycles. The summed E-state index contributed by atoms with van der Waals surface area (Å²) in [5.74, 6) is 0.837. The van der Waals surface area contributed by atoms with E-state index >= 15 is 0 Å². The van der Waals surface area contributed by atoms with Crippen LogP contribution in [0.5, 0.6) is 5.75 Å². The van der Waals surface area contributed by atoms with Crippen LogP contribution in [0.3, 0.4) is 0 Å². The molecule has 0 radical (unpaired) electrons. The van der Waals surface area contributed by atoms with Gasteiger partial charge in [0, 0.05) is 11.2 Å². The van der Waals surface area contributed by atoms with Gasteiger partial charge in [0.25, 0.3) is 0 Å². The molecular weight excluding hydrogens is 292 g/mol. The van der Waals surface area contributed by atoms with E-state index < -0.39 is 0 Å². The van der Waals surface area contributed by atoms with Crippen molar-refractivity contribution in [3.05, 3.63) is 60.2 Å². The predicted molar refractivity (Wildman–Crippen MR) is 96.3 cm³/mol. The minimum absolute atomic E-state index is 0.0528. The van der Waals surface area contributed by atoms with Crippen LogP contribution in [0.25, 0.3) is 0 Å². The second kappa shape index (κ2) is 7.27. The molecule has 2 aromatic rings. The molecule has 0 aliphatic rings. The third-order valence-corrected chi connectivity index (χ3v) is 3.05. The van der Waals surface area contributed by atoms with Crippen molar-refractivity contribution < 1.29 is 4.74 Å². The molecule has 0 unspecified atom stereocenters. The molecule has 2 N–H and O–H groups in total. The summed E-state index contributed by atoms with van der Waals surface area (Å²) >= 11 is 5.28. The van der Waals surface area contributed by atoms with Gasteiger partial charge in [-0.15, -0.1) is 0 Å². The molecule has 22 heavy (non-hydrogen) atoms. The minimum atomic E-state index is -0.0528. The molecule has 0 aliphatic heterocycles. The summed E-state index contributed by atoms with van der Waals surface area (Å²) < 4.78 is 5.76. The zero-order valence-electron chi connectivity index (χ0n) is 13.2. The molecule has 0 fully saturated rings. The number of rotatable bonds is 4. The molecule has 2 rings (SSSR count). The second-order valence-electron chi connectivity index (χ2n) is 6.13. The first-order valence-electron chi connectivity index (χ1n) is 7.28. The van der Waals surface area contributed by atoms with Crippen LogP contribution < -0.4 is 15.4 Å². The Morgan fingerprint density at radius 1 is 1.00 bits per heavy atom. The molecule has 4 heteroatoms. The van der Waals surface area contributed by atoms with E-state index in [-0.39, 0.29) is 5.54 Å². The lowest BCUT2D eigenvalue weighted by atomic mass is 10.1. The van der Waals surface area contributed by atoms with E-state index in [4.69, 9.17) is 17.0 Å². The molecule has 0 bridgehead atoms. The Morgan fingerprint density at radius 3 is 2.23 bits per heavy atom. The van der Waals surface area contributed by atoms with Gasteiger partial charge >= 0.3 is 0 Å². The predicted octanol–water partition coefficient (Wildman–Crippen LogP) is 4.35. The largest absolute Gasteiger partial charge is 0.489 e. The van der Waals surface area contributed by atoms with E-state index in [9.17, 15) is 0 Å². The molecular formula is C18H22N2OS. The van der Waals surface area contributed by atoms with E-state index in [0.717, 1.165) is 17.0 Å². The highest BCUT2D eigenvalue weighted by molar-refractivity contribution is 7.80. The van der Waals surface area contributed by atoms with Crippen molar-refractivity contribution in [3.63, 3.8) is 0 Å². The Kier molecular flexibility index (Phi) is 5.39. The number of thiocarbonyl (C=S) groups is 1. The van der Waals surface area contributed by atoms with Crippen molar-refractivity contribution in [1.29, 1.82) is 0 Å². The van der Waals surface area contributed by atoms with Crippen LogP contribution in [0.15, 0.2) is 54.6 Å². The minimum Gasteiger partial charge on any atom is -0.489 e. The highest BCUT2D eigenvalue weighted by atomic mass is 32.1. The van der Waals surface area contributed by atoms with Crippen molar-refractivity contribution in [2.45, 2.75) is 32.9 Å². The molecule has 0 amide bonds. The second-order valence-corrected chi connectivity index (χ2v) is 6.54. The first-order valence-corrected chi connectivity index (χ1v) is 7.69. The van der Waals surface area contributed by atoms with Crippen LogP contribution >= 0.6 is 12.2 Å². The quantitative estimate of drug-likeness (QED) is 0.822. The van der Waals surface area contributed by atoms with Gasteiger partial charge < -0.3 is 15.4 Å². The number of anilines is 1. The summed E-state index contributed by atoms with van der Waals surface area (Å²) in [6, 6.07) is 17.9. The third kappa shape index (κ3) is 5.74. The summed E-state index contributed by atoms with van der Waals surface area (Å²) in [6.45, 7) is 6.78. The number of hydrogen-bond donors (Lipinski definition) is 2. The molecule has 0 atom stereocenters. The molecule has 3 nitrogen and oxygen atoms in total. The van der Waals surface area contributed by atoms with Crippen LogP contribution in [-0.4, -0.2) is 10.7 Å². The molecule has 0 saturated heterocycles. The molecule has 0 heterocycles. The van der Waals surface area contributed by atoms with E-state index in [1.807, 2.05) is 54.6 Å². The van der Waals surface area contributed by atoms with Crippen LogP contribution in [0, 0.1) is 0 Å². The SMILES string of the molecule is CC(C)(C)NC(=S)Nc1ccc(OCc2ccccc2)cc1. The summed E-state index contributed by atoms with van der Waals surface area (Å²) in [6.07, 6.45) is 0. The molecule has 116 valence electrons. The number of benzene rings is 2. The lowest BCUT2D eigenvalue weighted by Gasteiger charge is -2.23. The normalized spacial score (nSPS) is 10.9. The fourth-order valence-electron chi connectivity index (χ4n) is 1.88. The Balaban J connectivity index is 1.86. The fraction of sp³-hybridized carbons (Fsp3) is 0.278. The first-order chi connectivity index (χ1) is 10.4. The van der Waals surface area contributed by atoms with Crippen LogP contribution in [0.2, 0.25) is 0 Å². The maximum atomic E-state index is 5.76. The Bertz CT molecular complexity index is 603. The monoisotopic (exact) mass is 314 g/mol. The van der Waals surface area contributed by atoms with Gasteiger partial charge in [-0.1, -0.05) is 30.3 Å². The van der Waals surface area contributed by atoms with E-state index in [2.05, 4.69) is 31.4 Å². The average Bonchev–Trinajstić information content (AvgIpc) is 2.45. The number of nitrogens with one attached hydrogen (secondary N) is 2. The van der Waals surface area contributed by atoms with Crippen molar-refractivity contribution in [1.82, 2.24) is 5.32 Å². The lowest BCUT2D eigenvalue weighted by Crippen LogP contribution is -2.42. The summed E-state index contributed by atoms with van der Waals surface area (Å²) in [5.41, 5.74) is 2.04. The van der Waals surface area contributed by atoms with Gasteiger partial charge in [-0.05, 0) is 62.8 Å². The number of ether oxygens (including phenoxy) is 1. The fourth-order valence-corrected chi connectivity index (χ4v) is 2.30. The van der Waals surface area contributed by atoms with Gasteiger partial charge in [-0.3, -0.25) is 0 Å².